The summed E-state index contributed by atoms with van der Waals surface area (Å²) < 4.78 is 5.50. The standard InChI is InChI=1S/C81H151NO5/c1-3-5-7-9-11-13-15-17-19-42-47-51-55-59-63-67-71-75-81(86)87-76-72-68-64-60-56-52-48-44-41-39-37-35-33-31-29-27-25-23-21-22-24-26-28-30-32-34-36-38-40-43-46-50-54-58-62-66-70-74-80(85)82-78(77-83)79(84)73-69-65-61-57-53-49-45-20-18-16-14-12-10-8-6-4-2/h11,13,17,19,21,23,27,29,69,73,78-79,83-84H,3-10,12,14-16,18,20,22,24-26,28,30-68,70-72,74-77H2,1-2H3,(H,82,85)/b13-11-,19-17-,23-21-,29-27-,73-69+. The highest BCUT2D eigenvalue weighted by Crippen LogP contribution is 2.19. The molecule has 0 rings (SSSR count). The van der Waals surface area contributed by atoms with Gasteiger partial charge in [0.25, 0.3) is 0 Å². The number of aliphatic hydroxyl groups excluding tert-OH is 2. The Balaban J connectivity index is 3.37. The second-order valence-corrected chi connectivity index (χ2v) is 26.7. The first kappa shape index (κ1) is 84.6. The Morgan fingerprint density at radius 3 is 0.897 bits per heavy atom. The van der Waals surface area contributed by atoms with E-state index in [-0.39, 0.29) is 18.5 Å². The molecule has 0 saturated carbocycles. The summed E-state index contributed by atoms with van der Waals surface area (Å²) in [5.74, 6) is -0.0520. The zero-order chi connectivity index (χ0) is 62.8. The summed E-state index contributed by atoms with van der Waals surface area (Å²) in [5, 5.41) is 23.2. The molecule has 0 heterocycles. The number of hydrogen-bond donors (Lipinski definition) is 3. The average molecular weight is 1220 g/mol. The van der Waals surface area contributed by atoms with E-state index in [1.165, 1.54) is 334 Å². The quantitative estimate of drug-likeness (QED) is 0.0320. The number of allylic oxidation sites excluding steroid dienone is 9. The topological polar surface area (TPSA) is 95.9 Å². The third-order valence-corrected chi connectivity index (χ3v) is 18.0. The zero-order valence-electron chi connectivity index (χ0n) is 58.5. The Hall–Kier alpha value is -2.44. The highest BCUT2D eigenvalue weighted by atomic mass is 16.5. The maximum atomic E-state index is 12.5. The molecule has 2 unspecified atom stereocenters. The fraction of sp³-hybridized carbons (Fsp3) is 0.852. The number of carbonyl (C=O) groups is 2. The van der Waals surface area contributed by atoms with Gasteiger partial charge in [0.05, 0.1) is 25.4 Å². The number of carbonyl (C=O) groups excluding carboxylic acids is 2. The molecular weight excluding hydrogens is 1070 g/mol. The van der Waals surface area contributed by atoms with Gasteiger partial charge in [-0.25, -0.2) is 0 Å². The van der Waals surface area contributed by atoms with Crippen LogP contribution in [0.5, 0.6) is 0 Å². The van der Waals surface area contributed by atoms with Crippen LogP contribution in [-0.4, -0.2) is 47.4 Å². The molecule has 0 aromatic rings. The third-order valence-electron chi connectivity index (χ3n) is 18.0. The van der Waals surface area contributed by atoms with Crippen LogP contribution in [0, 0.1) is 0 Å². The molecule has 0 aromatic carbocycles. The van der Waals surface area contributed by atoms with Crippen molar-refractivity contribution in [1.29, 1.82) is 0 Å². The highest BCUT2D eigenvalue weighted by molar-refractivity contribution is 5.76. The number of nitrogens with one attached hydrogen (secondary N) is 1. The predicted molar refractivity (Wildman–Crippen MR) is 384 cm³/mol. The van der Waals surface area contributed by atoms with Crippen LogP contribution in [0.3, 0.4) is 0 Å². The van der Waals surface area contributed by atoms with Gasteiger partial charge in [-0.3, -0.25) is 9.59 Å². The molecule has 87 heavy (non-hydrogen) atoms. The molecule has 0 bridgehead atoms. The smallest absolute Gasteiger partial charge is 0.305 e. The molecule has 510 valence electrons. The molecule has 1 amide bonds. The van der Waals surface area contributed by atoms with Crippen molar-refractivity contribution in [3.63, 3.8) is 0 Å². The summed E-state index contributed by atoms with van der Waals surface area (Å²) in [6.45, 7) is 4.91. The van der Waals surface area contributed by atoms with Gasteiger partial charge in [-0.2, -0.15) is 0 Å². The first-order valence-corrected chi connectivity index (χ1v) is 39.1. The van der Waals surface area contributed by atoms with Crippen molar-refractivity contribution in [2.45, 2.75) is 431 Å². The molecule has 0 aromatic heterocycles. The summed E-state index contributed by atoms with van der Waals surface area (Å²) in [6.07, 6.45) is 102. The fourth-order valence-electron chi connectivity index (χ4n) is 12.1. The van der Waals surface area contributed by atoms with Crippen LogP contribution in [0.4, 0.5) is 0 Å². The normalized spacial score (nSPS) is 12.8. The maximum absolute atomic E-state index is 12.5. The van der Waals surface area contributed by atoms with Crippen LogP contribution in [-0.2, 0) is 14.3 Å². The second kappa shape index (κ2) is 76.0. The minimum atomic E-state index is -0.843. The van der Waals surface area contributed by atoms with Crippen LogP contribution in [0.25, 0.3) is 0 Å². The van der Waals surface area contributed by atoms with Gasteiger partial charge in [-0.05, 0) is 96.3 Å². The second-order valence-electron chi connectivity index (χ2n) is 26.7. The highest BCUT2D eigenvalue weighted by Gasteiger charge is 2.18. The molecule has 6 nitrogen and oxygen atoms in total. The summed E-state index contributed by atoms with van der Waals surface area (Å²) >= 11 is 0. The first-order chi connectivity index (χ1) is 43.0. The lowest BCUT2D eigenvalue weighted by molar-refractivity contribution is -0.143. The Labute approximate surface area is 543 Å². The van der Waals surface area contributed by atoms with Gasteiger partial charge in [0.1, 0.15) is 0 Å². The zero-order valence-corrected chi connectivity index (χ0v) is 58.5. The molecule has 0 aliphatic carbocycles. The molecule has 0 radical (unpaired) electrons. The Bertz CT molecular complexity index is 1500. The number of aliphatic hydroxyl groups is 2. The van der Waals surface area contributed by atoms with Gasteiger partial charge < -0.3 is 20.3 Å². The molecule has 0 aliphatic rings. The number of unbranched alkanes of at least 4 members (excludes halogenated alkanes) is 54. The van der Waals surface area contributed by atoms with Crippen LogP contribution >= 0.6 is 0 Å². The van der Waals surface area contributed by atoms with E-state index < -0.39 is 12.1 Å². The summed E-state index contributed by atoms with van der Waals surface area (Å²) in [4.78, 5) is 24.6. The molecule has 0 saturated heterocycles. The van der Waals surface area contributed by atoms with Crippen molar-refractivity contribution >= 4 is 11.9 Å². The summed E-state index contributed by atoms with van der Waals surface area (Å²) in [5.41, 5.74) is 0. The van der Waals surface area contributed by atoms with Crippen LogP contribution in [0.15, 0.2) is 60.8 Å². The van der Waals surface area contributed by atoms with Gasteiger partial charge in [-0.1, -0.05) is 370 Å². The Morgan fingerprint density at radius 1 is 0.322 bits per heavy atom. The lowest BCUT2D eigenvalue weighted by Gasteiger charge is -2.20. The number of esters is 1. The van der Waals surface area contributed by atoms with E-state index in [1.54, 1.807) is 6.08 Å². The van der Waals surface area contributed by atoms with Gasteiger partial charge in [0.2, 0.25) is 5.91 Å². The number of rotatable bonds is 73. The van der Waals surface area contributed by atoms with Crippen molar-refractivity contribution < 1.29 is 24.5 Å². The van der Waals surface area contributed by atoms with E-state index in [0.29, 0.717) is 19.4 Å². The molecular formula is C81H151NO5. The van der Waals surface area contributed by atoms with Crippen molar-refractivity contribution in [2.24, 2.45) is 0 Å². The van der Waals surface area contributed by atoms with Gasteiger partial charge >= 0.3 is 5.97 Å². The summed E-state index contributed by atoms with van der Waals surface area (Å²) in [6, 6.07) is -0.627. The summed E-state index contributed by atoms with van der Waals surface area (Å²) in [7, 11) is 0. The third kappa shape index (κ3) is 72.5. The molecule has 0 fully saturated rings. The fourth-order valence-corrected chi connectivity index (χ4v) is 12.1. The minimum Gasteiger partial charge on any atom is -0.466 e. The molecule has 0 aliphatic heterocycles. The average Bonchev–Trinajstić information content (AvgIpc) is 3.52. The van der Waals surface area contributed by atoms with E-state index in [1.807, 2.05) is 6.08 Å². The maximum Gasteiger partial charge on any atom is 0.305 e. The van der Waals surface area contributed by atoms with Crippen LogP contribution < -0.4 is 5.32 Å². The van der Waals surface area contributed by atoms with Crippen molar-refractivity contribution in [1.82, 2.24) is 5.32 Å². The molecule has 6 heteroatoms. The van der Waals surface area contributed by atoms with Crippen LogP contribution in [0.1, 0.15) is 418 Å². The van der Waals surface area contributed by atoms with E-state index in [2.05, 4.69) is 67.8 Å². The molecule has 0 spiro atoms. The lowest BCUT2D eigenvalue weighted by atomic mass is 10.0. The lowest BCUT2D eigenvalue weighted by Crippen LogP contribution is -2.45. The van der Waals surface area contributed by atoms with Crippen LogP contribution in [0.2, 0.25) is 0 Å². The number of ether oxygens (including phenoxy) is 1. The van der Waals surface area contributed by atoms with E-state index in [0.717, 1.165) is 57.8 Å². The van der Waals surface area contributed by atoms with Gasteiger partial charge in [-0.15, -0.1) is 0 Å². The Morgan fingerprint density at radius 2 is 0.575 bits per heavy atom. The number of amides is 1. The van der Waals surface area contributed by atoms with Gasteiger partial charge in [0, 0.05) is 12.8 Å². The van der Waals surface area contributed by atoms with Crippen molar-refractivity contribution in [3.8, 4) is 0 Å². The monoisotopic (exact) mass is 1220 g/mol. The van der Waals surface area contributed by atoms with E-state index in [9.17, 15) is 19.8 Å². The predicted octanol–water partition coefficient (Wildman–Crippen LogP) is 25.8. The largest absolute Gasteiger partial charge is 0.466 e. The Kier molecular flexibility index (Phi) is 73.9. The van der Waals surface area contributed by atoms with Crippen molar-refractivity contribution in [3.05, 3.63) is 60.8 Å². The molecule has 3 N–H and O–H groups in total. The minimum absolute atomic E-state index is 0.0109. The van der Waals surface area contributed by atoms with Crippen molar-refractivity contribution in [2.75, 3.05) is 13.2 Å². The van der Waals surface area contributed by atoms with E-state index >= 15 is 0 Å². The van der Waals surface area contributed by atoms with Gasteiger partial charge in [0.15, 0.2) is 0 Å². The first-order valence-electron chi connectivity index (χ1n) is 39.1. The van der Waals surface area contributed by atoms with E-state index in [4.69, 9.17) is 4.74 Å². The number of hydrogen-bond acceptors (Lipinski definition) is 5. The molecule has 2 atom stereocenters. The SMILES string of the molecule is CCCCC/C=C\C/C=C\CCCCCCCCCC(=O)OCCCCCCCCCCCCCCC/C=C\C/C=C\CCCCCCCCCCCCCCCCCCCC(=O)NC(CO)C(O)/C=C/CCCCCCCCCCCCCCCC.